The Morgan fingerprint density at radius 1 is 1.25 bits per heavy atom. The molecule has 0 aromatic carbocycles. The van der Waals surface area contributed by atoms with Crippen LogP contribution in [-0.2, 0) is 12.0 Å². The number of aromatic nitrogens is 2. The Morgan fingerprint density at radius 2 is 2.06 bits per heavy atom. The van der Waals surface area contributed by atoms with Gasteiger partial charge in [-0.2, -0.15) is 0 Å². The van der Waals surface area contributed by atoms with Gasteiger partial charge in [-0.15, -0.1) is 0 Å². The van der Waals surface area contributed by atoms with E-state index in [-0.39, 0.29) is 5.54 Å². The lowest BCUT2D eigenvalue weighted by atomic mass is 9.71. The van der Waals surface area contributed by atoms with Crippen LogP contribution >= 0.6 is 0 Å². The van der Waals surface area contributed by atoms with E-state index in [9.17, 15) is 0 Å². The van der Waals surface area contributed by atoms with Crippen LogP contribution < -0.4 is 5.32 Å². The van der Waals surface area contributed by atoms with Crippen LogP contribution in [0.1, 0.15) is 43.5 Å². The van der Waals surface area contributed by atoms with Crippen molar-refractivity contribution in [3.8, 4) is 0 Å². The molecule has 2 N–H and O–H groups in total. The number of fused-ring (bicyclic) bond motifs is 4. The Bertz CT molecular complexity index is 397. The van der Waals surface area contributed by atoms with Gasteiger partial charge in [0.1, 0.15) is 0 Å². The maximum absolute atomic E-state index is 4.61. The van der Waals surface area contributed by atoms with Crippen molar-refractivity contribution in [1.29, 1.82) is 0 Å². The van der Waals surface area contributed by atoms with Crippen molar-refractivity contribution in [3.05, 3.63) is 17.7 Å². The fourth-order valence-electron chi connectivity index (χ4n) is 4.39. The average Bonchev–Trinajstić information content (AvgIpc) is 2.87. The highest BCUT2D eigenvalue weighted by atomic mass is 15.1. The summed E-state index contributed by atoms with van der Waals surface area (Å²) in [6.45, 7) is 1.12. The Kier molecular flexibility index (Phi) is 1.79. The number of hydrogen-bond acceptors (Lipinski definition) is 2. The lowest BCUT2D eigenvalue weighted by molar-refractivity contribution is 0.159. The van der Waals surface area contributed by atoms with E-state index < -0.39 is 0 Å². The molecule has 1 aromatic heterocycles. The summed E-state index contributed by atoms with van der Waals surface area (Å²) in [7, 11) is 0. The zero-order valence-electron chi connectivity index (χ0n) is 9.63. The molecule has 0 saturated heterocycles. The van der Waals surface area contributed by atoms with Crippen LogP contribution in [0.3, 0.4) is 0 Å². The van der Waals surface area contributed by atoms with E-state index in [1.807, 2.05) is 6.33 Å². The molecule has 1 spiro atoms. The molecule has 2 aliphatic carbocycles. The topological polar surface area (TPSA) is 40.7 Å². The minimum absolute atomic E-state index is 0.234. The first-order chi connectivity index (χ1) is 7.86. The molecule has 0 radical (unpaired) electrons. The van der Waals surface area contributed by atoms with Crippen LogP contribution in [0.4, 0.5) is 0 Å². The fraction of sp³-hybridized carbons (Fsp3) is 0.769. The smallest absolute Gasteiger partial charge is 0.0926 e. The Morgan fingerprint density at radius 3 is 2.88 bits per heavy atom. The normalized spacial score (nSPS) is 41.2. The molecule has 3 aliphatic rings. The van der Waals surface area contributed by atoms with Crippen LogP contribution in [0.25, 0.3) is 0 Å². The van der Waals surface area contributed by atoms with Gasteiger partial charge in [0.05, 0.1) is 17.6 Å². The second kappa shape index (κ2) is 3.10. The van der Waals surface area contributed by atoms with E-state index >= 15 is 0 Å². The summed E-state index contributed by atoms with van der Waals surface area (Å²) in [5.74, 6) is 1.91. The molecule has 2 bridgehead atoms. The van der Waals surface area contributed by atoms with Crippen molar-refractivity contribution < 1.29 is 0 Å². The first kappa shape index (κ1) is 9.23. The molecular weight excluding hydrogens is 198 g/mol. The van der Waals surface area contributed by atoms with Gasteiger partial charge >= 0.3 is 0 Å². The summed E-state index contributed by atoms with van der Waals surface area (Å²) in [5.41, 5.74) is 2.97. The van der Waals surface area contributed by atoms with Crippen LogP contribution in [0.5, 0.6) is 0 Å². The maximum Gasteiger partial charge on any atom is 0.0926 e. The number of imidazole rings is 1. The van der Waals surface area contributed by atoms with Gasteiger partial charge in [-0.05, 0) is 31.1 Å². The first-order valence-corrected chi connectivity index (χ1v) is 6.63. The molecule has 4 rings (SSSR count). The van der Waals surface area contributed by atoms with Gasteiger partial charge < -0.3 is 10.3 Å². The maximum atomic E-state index is 4.61. The summed E-state index contributed by atoms with van der Waals surface area (Å²) in [4.78, 5) is 7.94. The van der Waals surface area contributed by atoms with E-state index in [1.54, 1.807) is 0 Å². The molecule has 1 aromatic rings. The SMILES string of the molecule is c1nc2c([nH]1)CCNC21C[C@@H]2CC[C@@H](C2)C1. The van der Waals surface area contributed by atoms with Gasteiger partial charge in [0.25, 0.3) is 0 Å². The van der Waals surface area contributed by atoms with E-state index in [4.69, 9.17) is 0 Å². The Hall–Kier alpha value is -0.830. The van der Waals surface area contributed by atoms with Gasteiger partial charge in [-0.1, -0.05) is 12.8 Å². The number of nitrogens with zero attached hydrogens (tertiary/aromatic N) is 1. The van der Waals surface area contributed by atoms with Gasteiger partial charge in [0.2, 0.25) is 0 Å². The van der Waals surface area contributed by atoms with E-state index in [1.165, 1.54) is 43.5 Å². The lowest BCUT2D eigenvalue weighted by Crippen LogP contribution is -2.50. The summed E-state index contributed by atoms with van der Waals surface area (Å²) in [5, 5.41) is 3.80. The zero-order chi connectivity index (χ0) is 10.6. The molecule has 0 amide bonds. The largest absolute Gasteiger partial charge is 0.348 e. The predicted octanol–water partition coefficient (Wildman–Crippen LogP) is 1.96. The third kappa shape index (κ3) is 1.15. The van der Waals surface area contributed by atoms with Crippen molar-refractivity contribution in [2.75, 3.05) is 6.54 Å². The second-order valence-electron chi connectivity index (χ2n) is 5.94. The van der Waals surface area contributed by atoms with Gasteiger partial charge in [-0.25, -0.2) is 4.98 Å². The van der Waals surface area contributed by atoms with Crippen molar-refractivity contribution in [3.63, 3.8) is 0 Å². The third-order valence-corrected chi connectivity index (χ3v) is 4.93. The molecule has 2 fully saturated rings. The Labute approximate surface area is 96.0 Å². The number of aromatic amines is 1. The zero-order valence-corrected chi connectivity index (χ0v) is 9.63. The monoisotopic (exact) mass is 217 g/mol. The molecule has 3 atom stereocenters. The lowest BCUT2D eigenvalue weighted by Gasteiger charge is -2.43. The van der Waals surface area contributed by atoms with Crippen LogP contribution in [0, 0.1) is 11.8 Å². The minimum Gasteiger partial charge on any atom is -0.348 e. The molecule has 1 aliphatic heterocycles. The van der Waals surface area contributed by atoms with Crippen molar-refractivity contribution in [2.45, 2.75) is 44.1 Å². The van der Waals surface area contributed by atoms with E-state index in [0.29, 0.717) is 0 Å². The molecule has 86 valence electrons. The van der Waals surface area contributed by atoms with Crippen LogP contribution in [0.2, 0.25) is 0 Å². The molecule has 1 unspecified atom stereocenters. The minimum atomic E-state index is 0.234. The highest BCUT2D eigenvalue weighted by Crippen LogP contribution is 2.51. The van der Waals surface area contributed by atoms with Crippen LogP contribution in [-0.4, -0.2) is 16.5 Å². The molecule has 2 saturated carbocycles. The van der Waals surface area contributed by atoms with Crippen molar-refractivity contribution in [2.24, 2.45) is 11.8 Å². The quantitative estimate of drug-likeness (QED) is 0.697. The summed E-state index contributed by atoms with van der Waals surface area (Å²) in [6.07, 6.45) is 10.0. The number of H-pyrrole nitrogens is 1. The predicted molar refractivity (Wildman–Crippen MR) is 62.0 cm³/mol. The average molecular weight is 217 g/mol. The van der Waals surface area contributed by atoms with Crippen molar-refractivity contribution >= 4 is 0 Å². The summed E-state index contributed by atoms with van der Waals surface area (Å²) in [6, 6.07) is 0. The van der Waals surface area contributed by atoms with Gasteiger partial charge in [0, 0.05) is 18.7 Å². The molecule has 2 heterocycles. The van der Waals surface area contributed by atoms with Crippen molar-refractivity contribution in [1.82, 2.24) is 15.3 Å². The second-order valence-corrected chi connectivity index (χ2v) is 5.94. The van der Waals surface area contributed by atoms with Gasteiger partial charge in [0.15, 0.2) is 0 Å². The standard InChI is InChI=1S/C13H19N3/c1-2-10-5-9(1)6-13(7-10)12-11(3-4-16-13)14-8-15-12/h8-10,16H,1-7H2,(H,14,15)/t9-,10+,13?. The Balaban J connectivity index is 1.78. The fourth-order valence-corrected chi connectivity index (χ4v) is 4.39. The van der Waals surface area contributed by atoms with E-state index in [2.05, 4.69) is 15.3 Å². The van der Waals surface area contributed by atoms with Gasteiger partial charge in [-0.3, -0.25) is 0 Å². The molecule has 3 heteroatoms. The van der Waals surface area contributed by atoms with E-state index in [0.717, 1.165) is 24.8 Å². The number of nitrogens with one attached hydrogen (secondary N) is 2. The molecular formula is C13H19N3. The third-order valence-electron chi connectivity index (χ3n) is 4.93. The van der Waals surface area contributed by atoms with Crippen LogP contribution in [0.15, 0.2) is 6.33 Å². The summed E-state index contributed by atoms with van der Waals surface area (Å²) < 4.78 is 0. The number of rotatable bonds is 0. The molecule has 3 nitrogen and oxygen atoms in total. The highest BCUT2D eigenvalue weighted by Gasteiger charge is 2.47. The summed E-state index contributed by atoms with van der Waals surface area (Å²) >= 11 is 0. The molecule has 16 heavy (non-hydrogen) atoms. The first-order valence-electron chi connectivity index (χ1n) is 6.63. The number of hydrogen-bond donors (Lipinski definition) is 2. The highest BCUT2D eigenvalue weighted by molar-refractivity contribution is 5.27.